The Morgan fingerprint density at radius 3 is 3.10 bits per heavy atom. The molecule has 0 aromatic carbocycles. The van der Waals surface area contributed by atoms with E-state index in [9.17, 15) is 4.79 Å². The summed E-state index contributed by atoms with van der Waals surface area (Å²) in [5, 5.41) is 5.41. The van der Waals surface area contributed by atoms with Crippen LogP contribution < -0.4 is 5.32 Å². The van der Waals surface area contributed by atoms with Gasteiger partial charge in [-0.05, 0) is 42.5 Å². The van der Waals surface area contributed by atoms with E-state index in [0.29, 0.717) is 6.04 Å². The number of carbonyl (C=O) groups excluding carboxylic acids is 1. The molecule has 1 amide bonds. The number of nitrogens with one attached hydrogen (secondary N) is 1. The zero-order chi connectivity index (χ0) is 13.9. The lowest BCUT2D eigenvalue weighted by Gasteiger charge is -2.17. The molecule has 104 valence electrons. The maximum absolute atomic E-state index is 12.4. The van der Waals surface area contributed by atoms with Crippen molar-refractivity contribution in [1.29, 1.82) is 0 Å². The largest absolute Gasteiger partial charge is 0.379 e. The van der Waals surface area contributed by atoms with Crippen LogP contribution in [0.3, 0.4) is 0 Å². The molecule has 0 aliphatic carbocycles. The van der Waals surface area contributed by atoms with E-state index < -0.39 is 0 Å². The SMILES string of the molecule is Cc1ccsc1C(=O)N1CCC(Nc2cccnc2)C1. The fourth-order valence-electron chi connectivity index (χ4n) is 2.48. The summed E-state index contributed by atoms with van der Waals surface area (Å²) in [5.41, 5.74) is 2.09. The molecule has 1 fully saturated rings. The van der Waals surface area contributed by atoms with Crippen molar-refractivity contribution >= 4 is 22.9 Å². The van der Waals surface area contributed by atoms with E-state index in [1.165, 1.54) is 11.3 Å². The van der Waals surface area contributed by atoms with E-state index >= 15 is 0 Å². The molecule has 5 heteroatoms. The molecule has 2 aromatic rings. The van der Waals surface area contributed by atoms with Crippen LogP contribution in [-0.4, -0.2) is 34.9 Å². The number of pyridine rings is 1. The highest BCUT2D eigenvalue weighted by Gasteiger charge is 2.28. The maximum atomic E-state index is 12.4. The zero-order valence-electron chi connectivity index (χ0n) is 11.4. The standard InChI is InChI=1S/C15H17N3OS/c1-11-5-8-20-14(11)15(19)18-7-4-13(10-18)17-12-3-2-6-16-9-12/h2-3,5-6,8-9,13,17H,4,7,10H2,1H3. The third kappa shape index (κ3) is 2.67. The molecular weight excluding hydrogens is 270 g/mol. The van der Waals surface area contributed by atoms with Gasteiger partial charge in [0.25, 0.3) is 5.91 Å². The summed E-state index contributed by atoms with van der Waals surface area (Å²) in [6, 6.07) is 6.22. The van der Waals surface area contributed by atoms with Crippen LogP contribution >= 0.6 is 11.3 Å². The maximum Gasteiger partial charge on any atom is 0.264 e. The van der Waals surface area contributed by atoms with Crippen molar-refractivity contribution in [3.8, 4) is 0 Å². The number of nitrogens with zero attached hydrogens (tertiary/aromatic N) is 2. The molecule has 0 bridgehead atoms. The second kappa shape index (κ2) is 5.63. The van der Waals surface area contributed by atoms with Gasteiger partial charge in [0.2, 0.25) is 0 Å². The minimum Gasteiger partial charge on any atom is -0.379 e. The second-order valence-corrected chi connectivity index (χ2v) is 5.97. The minimum atomic E-state index is 0.160. The van der Waals surface area contributed by atoms with Gasteiger partial charge < -0.3 is 10.2 Å². The molecule has 3 heterocycles. The van der Waals surface area contributed by atoms with Crippen LogP contribution in [0.2, 0.25) is 0 Å². The first-order valence-electron chi connectivity index (χ1n) is 6.74. The van der Waals surface area contributed by atoms with Crippen molar-refractivity contribution in [1.82, 2.24) is 9.88 Å². The van der Waals surface area contributed by atoms with Crippen molar-refractivity contribution in [3.63, 3.8) is 0 Å². The molecule has 2 aromatic heterocycles. The Balaban J connectivity index is 1.62. The highest BCUT2D eigenvalue weighted by molar-refractivity contribution is 7.12. The van der Waals surface area contributed by atoms with Gasteiger partial charge in [-0.2, -0.15) is 0 Å². The average molecular weight is 287 g/mol. The van der Waals surface area contributed by atoms with Crippen molar-refractivity contribution in [3.05, 3.63) is 46.4 Å². The lowest BCUT2D eigenvalue weighted by atomic mass is 10.2. The highest BCUT2D eigenvalue weighted by atomic mass is 32.1. The second-order valence-electron chi connectivity index (χ2n) is 5.06. The molecular formula is C15H17N3OS. The number of rotatable bonds is 3. The number of anilines is 1. The summed E-state index contributed by atoms with van der Waals surface area (Å²) in [7, 11) is 0. The van der Waals surface area contributed by atoms with Gasteiger partial charge in [0.1, 0.15) is 0 Å². The predicted octanol–water partition coefficient (Wildman–Crippen LogP) is 2.78. The average Bonchev–Trinajstić information content (AvgIpc) is 3.08. The van der Waals surface area contributed by atoms with Crippen LogP contribution in [0.25, 0.3) is 0 Å². The first-order valence-corrected chi connectivity index (χ1v) is 7.62. The smallest absolute Gasteiger partial charge is 0.264 e. The van der Waals surface area contributed by atoms with E-state index in [2.05, 4.69) is 10.3 Å². The van der Waals surface area contributed by atoms with Crippen LogP contribution in [0, 0.1) is 6.92 Å². The summed E-state index contributed by atoms with van der Waals surface area (Å²) >= 11 is 1.53. The molecule has 20 heavy (non-hydrogen) atoms. The normalized spacial score (nSPS) is 18.2. The molecule has 3 rings (SSSR count). The molecule has 0 spiro atoms. The Hall–Kier alpha value is -1.88. The zero-order valence-corrected chi connectivity index (χ0v) is 12.2. The molecule has 1 unspecified atom stereocenters. The fraction of sp³-hybridized carbons (Fsp3) is 0.333. The number of hydrogen-bond acceptors (Lipinski definition) is 4. The summed E-state index contributed by atoms with van der Waals surface area (Å²) in [5.74, 6) is 0.160. The fourth-order valence-corrected chi connectivity index (χ4v) is 3.37. The van der Waals surface area contributed by atoms with Crippen molar-refractivity contribution in [2.24, 2.45) is 0 Å². The number of hydrogen-bond donors (Lipinski definition) is 1. The first-order chi connectivity index (χ1) is 9.74. The van der Waals surface area contributed by atoms with Gasteiger partial charge in [-0.25, -0.2) is 0 Å². The highest BCUT2D eigenvalue weighted by Crippen LogP contribution is 2.22. The van der Waals surface area contributed by atoms with E-state index in [0.717, 1.165) is 35.6 Å². The van der Waals surface area contributed by atoms with Gasteiger partial charge >= 0.3 is 0 Å². The third-order valence-corrected chi connectivity index (χ3v) is 4.57. The molecule has 4 nitrogen and oxygen atoms in total. The molecule has 1 saturated heterocycles. The van der Waals surface area contributed by atoms with Crippen molar-refractivity contribution < 1.29 is 4.79 Å². The van der Waals surface area contributed by atoms with Gasteiger partial charge in [0, 0.05) is 31.5 Å². The number of aryl methyl sites for hydroxylation is 1. The Kier molecular flexibility index (Phi) is 3.69. The van der Waals surface area contributed by atoms with Gasteiger partial charge in [-0.1, -0.05) is 0 Å². The monoisotopic (exact) mass is 287 g/mol. The van der Waals surface area contributed by atoms with Gasteiger partial charge in [0.05, 0.1) is 10.6 Å². The Morgan fingerprint density at radius 2 is 2.40 bits per heavy atom. The summed E-state index contributed by atoms with van der Waals surface area (Å²) in [6.45, 7) is 3.56. The Bertz CT molecular complexity index is 596. The van der Waals surface area contributed by atoms with Crippen LogP contribution in [0.5, 0.6) is 0 Å². The van der Waals surface area contributed by atoms with Crippen LogP contribution in [0.1, 0.15) is 21.7 Å². The van der Waals surface area contributed by atoms with Gasteiger partial charge in [0.15, 0.2) is 0 Å². The lowest BCUT2D eigenvalue weighted by Crippen LogP contribution is -2.31. The van der Waals surface area contributed by atoms with E-state index in [1.54, 1.807) is 6.20 Å². The minimum absolute atomic E-state index is 0.160. The first kappa shape index (κ1) is 13.1. The molecule has 0 saturated carbocycles. The van der Waals surface area contributed by atoms with Gasteiger partial charge in [-0.15, -0.1) is 11.3 Å². The molecule has 1 aliphatic heterocycles. The van der Waals surface area contributed by atoms with Gasteiger partial charge in [-0.3, -0.25) is 9.78 Å². The predicted molar refractivity (Wildman–Crippen MR) is 81.2 cm³/mol. The number of likely N-dealkylation sites (tertiary alicyclic amines) is 1. The van der Waals surface area contributed by atoms with Crippen LogP contribution in [0.15, 0.2) is 36.0 Å². The molecule has 1 atom stereocenters. The van der Waals surface area contributed by atoms with E-state index in [-0.39, 0.29) is 5.91 Å². The quantitative estimate of drug-likeness (QED) is 0.944. The molecule has 1 aliphatic rings. The van der Waals surface area contributed by atoms with Crippen LogP contribution in [-0.2, 0) is 0 Å². The van der Waals surface area contributed by atoms with E-state index in [1.807, 2.05) is 41.6 Å². The number of thiophene rings is 1. The van der Waals surface area contributed by atoms with E-state index in [4.69, 9.17) is 0 Å². The van der Waals surface area contributed by atoms with Crippen LogP contribution in [0.4, 0.5) is 5.69 Å². The van der Waals surface area contributed by atoms with Crippen molar-refractivity contribution in [2.75, 3.05) is 18.4 Å². The summed E-state index contributed by atoms with van der Waals surface area (Å²) in [6.07, 6.45) is 4.55. The summed E-state index contributed by atoms with van der Waals surface area (Å²) < 4.78 is 0. The van der Waals surface area contributed by atoms with Crippen molar-refractivity contribution in [2.45, 2.75) is 19.4 Å². The lowest BCUT2D eigenvalue weighted by molar-refractivity contribution is 0.0796. The Labute approximate surface area is 122 Å². The number of carbonyl (C=O) groups is 1. The topological polar surface area (TPSA) is 45.2 Å². The molecule has 0 radical (unpaired) electrons. The number of amides is 1. The summed E-state index contributed by atoms with van der Waals surface area (Å²) in [4.78, 5) is 19.3. The Morgan fingerprint density at radius 1 is 1.50 bits per heavy atom. The molecule has 1 N–H and O–H groups in total. The number of aromatic nitrogens is 1. The third-order valence-electron chi connectivity index (χ3n) is 3.56.